The highest BCUT2D eigenvalue weighted by Crippen LogP contribution is 2.28. The van der Waals surface area contributed by atoms with E-state index in [0.717, 1.165) is 50.2 Å². The van der Waals surface area contributed by atoms with Gasteiger partial charge < -0.3 is 9.73 Å². The maximum Gasteiger partial charge on any atom is 0.224 e. The van der Waals surface area contributed by atoms with Crippen LogP contribution < -0.4 is 5.32 Å². The lowest BCUT2D eigenvalue weighted by Gasteiger charge is -2.33. The van der Waals surface area contributed by atoms with Crippen molar-refractivity contribution in [1.82, 2.24) is 4.90 Å². The smallest absolute Gasteiger partial charge is 0.224 e. The van der Waals surface area contributed by atoms with E-state index >= 15 is 0 Å². The molecule has 156 valence electrons. The number of benzene rings is 2. The summed E-state index contributed by atoms with van der Waals surface area (Å²) >= 11 is 0. The molecule has 4 rings (SSSR count). The Balaban J connectivity index is 1.31. The van der Waals surface area contributed by atoms with Crippen LogP contribution in [0.2, 0.25) is 0 Å². The van der Waals surface area contributed by atoms with Gasteiger partial charge in [-0.2, -0.15) is 0 Å². The molecule has 1 aromatic heterocycles. The minimum absolute atomic E-state index is 0.125. The van der Waals surface area contributed by atoms with E-state index in [4.69, 9.17) is 4.42 Å². The van der Waals surface area contributed by atoms with E-state index < -0.39 is 5.82 Å². The Hall–Kier alpha value is -2.92. The van der Waals surface area contributed by atoms with E-state index in [9.17, 15) is 9.18 Å². The molecule has 1 amide bonds. The monoisotopic (exact) mass is 406 g/mol. The molecule has 1 fully saturated rings. The molecular weight excluding hydrogens is 379 g/mol. The minimum Gasteiger partial charge on any atom is -0.464 e. The second kappa shape index (κ2) is 9.72. The number of para-hydroxylation sites is 1. The fraction of sp³-hybridized carbons (Fsp3) is 0.320. The molecule has 1 saturated heterocycles. The van der Waals surface area contributed by atoms with Crippen LogP contribution in [0.15, 0.2) is 71.3 Å². The lowest BCUT2D eigenvalue weighted by Crippen LogP contribution is -2.35. The van der Waals surface area contributed by atoms with Crippen molar-refractivity contribution in [3.63, 3.8) is 0 Å². The summed E-state index contributed by atoms with van der Waals surface area (Å²) in [6.07, 6.45) is 5.19. The maximum atomic E-state index is 13.7. The van der Waals surface area contributed by atoms with Gasteiger partial charge in [0.25, 0.3) is 0 Å². The fourth-order valence-corrected chi connectivity index (χ4v) is 4.21. The van der Waals surface area contributed by atoms with Gasteiger partial charge >= 0.3 is 0 Å². The number of carbonyl (C=O) groups is 1. The molecular formula is C25H27FN2O2. The largest absolute Gasteiger partial charge is 0.464 e. The summed E-state index contributed by atoms with van der Waals surface area (Å²) in [4.78, 5) is 14.7. The van der Waals surface area contributed by atoms with Gasteiger partial charge in [-0.3, -0.25) is 9.69 Å². The summed E-state index contributed by atoms with van der Waals surface area (Å²) in [5.74, 6) is 0.843. The predicted octanol–water partition coefficient (Wildman–Crippen LogP) is 5.72. The fourth-order valence-electron chi connectivity index (χ4n) is 4.21. The maximum absolute atomic E-state index is 13.7. The molecule has 4 nitrogen and oxygen atoms in total. The van der Waals surface area contributed by atoms with Crippen LogP contribution in [0.5, 0.6) is 0 Å². The van der Waals surface area contributed by atoms with Gasteiger partial charge in [0.1, 0.15) is 11.6 Å². The number of furan rings is 1. The average Bonchev–Trinajstić information content (AvgIpc) is 3.29. The van der Waals surface area contributed by atoms with E-state index in [1.165, 1.54) is 11.6 Å². The molecule has 1 N–H and O–H groups in total. The Labute approximate surface area is 176 Å². The van der Waals surface area contributed by atoms with Crippen molar-refractivity contribution in [2.45, 2.75) is 32.2 Å². The van der Waals surface area contributed by atoms with E-state index in [1.54, 1.807) is 24.5 Å². The molecule has 5 heteroatoms. The van der Waals surface area contributed by atoms with Crippen LogP contribution in [0.4, 0.5) is 10.1 Å². The van der Waals surface area contributed by atoms with Gasteiger partial charge in [-0.05, 0) is 61.6 Å². The van der Waals surface area contributed by atoms with Crippen molar-refractivity contribution >= 4 is 11.6 Å². The molecule has 2 heterocycles. The molecule has 1 aliphatic heterocycles. The van der Waals surface area contributed by atoms with E-state index in [2.05, 4.69) is 28.4 Å². The van der Waals surface area contributed by atoms with Crippen molar-refractivity contribution in [3.8, 4) is 11.3 Å². The van der Waals surface area contributed by atoms with Crippen LogP contribution in [-0.2, 0) is 11.3 Å². The number of halogens is 1. The molecule has 0 saturated carbocycles. The number of nitrogens with zero attached hydrogens (tertiary/aromatic N) is 1. The number of rotatable bonds is 7. The third-order valence-corrected chi connectivity index (χ3v) is 5.73. The van der Waals surface area contributed by atoms with Crippen LogP contribution in [0.1, 0.15) is 31.2 Å². The molecule has 30 heavy (non-hydrogen) atoms. The number of hydrogen-bond donors (Lipinski definition) is 1. The zero-order valence-corrected chi connectivity index (χ0v) is 17.0. The standard InChI is InChI=1S/C25H27FN2O2/c26-22-10-3-4-11-23(22)27-25(29)14-13-19-7-5-15-28(17-19)18-20-8-1-2-9-21(20)24-12-6-16-30-24/h1-4,6,8-12,16,19H,5,7,13-15,17-18H2,(H,27,29)/t19-/m0/s1. The molecule has 0 aliphatic carbocycles. The van der Waals surface area contributed by atoms with Gasteiger partial charge in [0, 0.05) is 25.1 Å². The first-order chi connectivity index (χ1) is 14.7. The summed E-state index contributed by atoms with van der Waals surface area (Å²) < 4.78 is 19.3. The lowest BCUT2D eigenvalue weighted by molar-refractivity contribution is -0.116. The normalized spacial score (nSPS) is 17.0. The van der Waals surface area contributed by atoms with Gasteiger partial charge in [0.05, 0.1) is 12.0 Å². The molecule has 0 unspecified atom stereocenters. The number of nitrogens with one attached hydrogen (secondary N) is 1. The summed E-state index contributed by atoms with van der Waals surface area (Å²) in [7, 11) is 0. The highest BCUT2D eigenvalue weighted by Gasteiger charge is 2.22. The Morgan fingerprint density at radius 1 is 1.10 bits per heavy atom. The van der Waals surface area contributed by atoms with E-state index in [-0.39, 0.29) is 11.6 Å². The molecule has 3 aromatic rings. The third kappa shape index (κ3) is 5.16. The van der Waals surface area contributed by atoms with E-state index in [1.807, 2.05) is 18.2 Å². The van der Waals surface area contributed by atoms with Crippen molar-refractivity contribution < 1.29 is 13.6 Å². The quantitative estimate of drug-likeness (QED) is 0.546. The molecule has 0 bridgehead atoms. The van der Waals surface area contributed by atoms with Crippen molar-refractivity contribution in [2.24, 2.45) is 5.92 Å². The highest BCUT2D eigenvalue weighted by molar-refractivity contribution is 5.90. The van der Waals surface area contributed by atoms with Gasteiger partial charge in [-0.25, -0.2) is 4.39 Å². The van der Waals surface area contributed by atoms with Crippen LogP contribution >= 0.6 is 0 Å². The van der Waals surface area contributed by atoms with E-state index in [0.29, 0.717) is 12.3 Å². The SMILES string of the molecule is O=C(CC[C@@H]1CCCN(Cc2ccccc2-c2ccco2)C1)Nc1ccccc1F. The first-order valence-electron chi connectivity index (χ1n) is 10.6. The third-order valence-electron chi connectivity index (χ3n) is 5.73. The summed E-state index contributed by atoms with van der Waals surface area (Å²) in [5.41, 5.74) is 2.64. The van der Waals surface area contributed by atoms with Crippen LogP contribution in [0, 0.1) is 11.7 Å². The molecule has 2 aromatic carbocycles. The number of likely N-dealkylation sites (tertiary alicyclic amines) is 1. The number of anilines is 1. The molecule has 1 atom stereocenters. The van der Waals surface area contributed by atoms with Crippen molar-refractivity contribution in [1.29, 1.82) is 0 Å². The first kappa shape index (κ1) is 20.4. The Bertz CT molecular complexity index is 971. The second-order valence-corrected chi connectivity index (χ2v) is 7.94. The van der Waals surface area contributed by atoms with Crippen molar-refractivity contribution in [2.75, 3.05) is 18.4 Å². The van der Waals surface area contributed by atoms with Gasteiger partial charge in [-0.1, -0.05) is 36.4 Å². The topological polar surface area (TPSA) is 45.5 Å². The van der Waals surface area contributed by atoms with Crippen LogP contribution in [0.25, 0.3) is 11.3 Å². The minimum atomic E-state index is -0.398. The molecule has 0 spiro atoms. The van der Waals surface area contributed by atoms with Gasteiger partial charge in [-0.15, -0.1) is 0 Å². The summed E-state index contributed by atoms with van der Waals surface area (Å²) in [5, 5.41) is 2.69. The highest BCUT2D eigenvalue weighted by atomic mass is 19.1. The Morgan fingerprint density at radius 2 is 1.93 bits per heavy atom. The average molecular weight is 407 g/mol. The number of hydrogen-bond acceptors (Lipinski definition) is 3. The predicted molar refractivity (Wildman–Crippen MR) is 116 cm³/mol. The number of piperidine rings is 1. The summed E-state index contributed by atoms with van der Waals surface area (Å²) in [6.45, 7) is 2.90. The first-order valence-corrected chi connectivity index (χ1v) is 10.6. The number of amides is 1. The zero-order valence-electron chi connectivity index (χ0n) is 17.0. The molecule has 1 aliphatic rings. The number of carbonyl (C=O) groups excluding carboxylic acids is 1. The zero-order chi connectivity index (χ0) is 20.8. The van der Waals surface area contributed by atoms with Gasteiger partial charge in [0.2, 0.25) is 5.91 Å². The lowest BCUT2D eigenvalue weighted by atomic mass is 9.92. The Kier molecular flexibility index (Phi) is 6.60. The summed E-state index contributed by atoms with van der Waals surface area (Å²) in [6, 6.07) is 18.5. The van der Waals surface area contributed by atoms with Crippen LogP contribution in [-0.4, -0.2) is 23.9 Å². The Morgan fingerprint density at radius 3 is 2.77 bits per heavy atom. The molecule has 0 radical (unpaired) electrons. The van der Waals surface area contributed by atoms with Crippen LogP contribution in [0.3, 0.4) is 0 Å². The van der Waals surface area contributed by atoms with Crippen molar-refractivity contribution in [3.05, 3.63) is 78.3 Å². The van der Waals surface area contributed by atoms with Gasteiger partial charge in [0.15, 0.2) is 0 Å². The second-order valence-electron chi connectivity index (χ2n) is 7.94.